The number of ether oxygens (including phenoxy) is 1. The van der Waals surface area contributed by atoms with Crippen molar-refractivity contribution in [3.05, 3.63) is 12.2 Å². The smallest absolute Gasteiger partial charge is 0.0647 e. The SMILES string of the molecule is SC/C=C/COCCC1CCC1. The molecule has 0 saturated heterocycles. The van der Waals surface area contributed by atoms with Gasteiger partial charge in [0.15, 0.2) is 0 Å². The molecule has 1 rings (SSSR count). The summed E-state index contributed by atoms with van der Waals surface area (Å²) >= 11 is 4.06. The maximum atomic E-state index is 5.42. The van der Waals surface area contributed by atoms with Gasteiger partial charge in [-0.2, -0.15) is 12.6 Å². The van der Waals surface area contributed by atoms with E-state index in [2.05, 4.69) is 12.6 Å². The monoisotopic (exact) mass is 186 g/mol. The van der Waals surface area contributed by atoms with Crippen LogP contribution in [0.1, 0.15) is 25.7 Å². The van der Waals surface area contributed by atoms with E-state index in [1.807, 2.05) is 12.2 Å². The minimum atomic E-state index is 0.757. The lowest BCUT2D eigenvalue weighted by Gasteiger charge is -2.24. The highest BCUT2D eigenvalue weighted by molar-refractivity contribution is 7.80. The summed E-state index contributed by atoms with van der Waals surface area (Å²) in [5.41, 5.74) is 0. The zero-order chi connectivity index (χ0) is 8.65. The predicted molar refractivity (Wildman–Crippen MR) is 55.8 cm³/mol. The highest BCUT2D eigenvalue weighted by Gasteiger charge is 2.16. The fourth-order valence-corrected chi connectivity index (χ4v) is 1.47. The number of thiol groups is 1. The van der Waals surface area contributed by atoms with Gasteiger partial charge in [-0.3, -0.25) is 0 Å². The molecule has 0 aromatic carbocycles. The summed E-state index contributed by atoms with van der Waals surface area (Å²) in [5, 5.41) is 0. The quantitative estimate of drug-likeness (QED) is 0.381. The van der Waals surface area contributed by atoms with Gasteiger partial charge < -0.3 is 4.74 Å². The van der Waals surface area contributed by atoms with E-state index in [1.165, 1.54) is 25.7 Å². The molecule has 0 unspecified atom stereocenters. The first-order valence-corrected chi connectivity index (χ1v) is 5.40. The molecule has 0 spiro atoms. The van der Waals surface area contributed by atoms with Crippen LogP contribution in [-0.4, -0.2) is 19.0 Å². The lowest BCUT2D eigenvalue weighted by atomic mass is 9.83. The van der Waals surface area contributed by atoms with Crippen LogP contribution in [0.15, 0.2) is 12.2 Å². The highest BCUT2D eigenvalue weighted by atomic mass is 32.1. The van der Waals surface area contributed by atoms with Crippen molar-refractivity contribution < 1.29 is 4.74 Å². The van der Waals surface area contributed by atoms with Crippen molar-refractivity contribution in [1.82, 2.24) is 0 Å². The maximum Gasteiger partial charge on any atom is 0.0647 e. The molecule has 1 nitrogen and oxygen atoms in total. The Morgan fingerprint density at radius 2 is 2.17 bits per heavy atom. The molecule has 1 aliphatic carbocycles. The first kappa shape index (κ1) is 10.1. The molecular weight excluding hydrogens is 168 g/mol. The molecule has 0 N–H and O–H groups in total. The zero-order valence-electron chi connectivity index (χ0n) is 7.54. The van der Waals surface area contributed by atoms with Gasteiger partial charge in [0.1, 0.15) is 0 Å². The third-order valence-electron chi connectivity index (χ3n) is 2.38. The van der Waals surface area contributed by atoms with Gasteiger partial charge in [0, 0.05) is 12.4 Å². The van der Waals surface area contributed by atoms with Crippen LogP contribution in [0.3, 0.4) is 0 Å². The van der Waals surface area contributed by atoms with Gasteiger partial charge in [-0.15, -0.1) is 0 Å². The van der Waals surface area contributed by atoms with Crippen molar-refractivity contribution in [3.8, 4) is 0 Å². The van der Waals surface area contributed by atoms with Crippen LogP contribution in [0.4, 0.5) is 0 Å². The Bertz CT molecular complexity index is 130. The van der Waals surface area contributed by atoms with E-state index in [-0.39, 0.29) is 0 Å². The normalized spacial score (nSPS) is 18.4. The van der Waals surface area contributed by atoms with E-state index < -0.39 is 0 Å². The average Bonchev–Trinajstić information content (AvgIpc) is 2.00. The van der Waals surface area contributed by atoms with Gasteiger partial charge >= 0.3 is 0 Å². The van der Waals surface area contributed by atoms with Gasteiger partial charge in [-0.25, -0.2) is 0 Å². The van der Waals surface area contributed by atoms with Crippen molar-refractivity contribution in [2.24, 2.45) is 5.92 Å². The second-order valence-electron chi connectivity index (χ2n) is 3.31. The molecule has 0 atom stereocenters. The second kappa shape index (κ2) is 6.55. The van der Waals surface area contributed by atoms with Gasteiger partial charge in [0.25, 0.3) is 0 Å². The molecule has 1 saturated carbocycles. The average molecular weight is 186 g/mol. The molecule has 1 fully saturated rings. The molecule has 2 heteroatoms. The van der Waals surface area contributed by atoms with E-state index in [0.29, 0.717) is 0 Å². The summed E-state index contributed by atoms with van der Waals surface area (Å²) in [5.74, 6) is 1.78. The largest absolute Gasteiger partial charge is 0.377 e. The lowest BCUT2D eigenvalue weighted by molar-refractivity contribution is 0.128. The molecule has 0 aromatic heterocycles. The van der Waals surface area contributed by atoms with E-state index in [4.69, 9.17) is 4.74 Å². The van der Waals surface area contributed by atoms with Crippen molar-refractivity contribution in [3.63, 3.8) is 0 Å². The van der Waals surface area contributed by atoms with Crippen LogP contribution >= 0.6 is 12.6 Å². The van der Waals surface area contributed by atoms with Gasteiger partial charge in [0.05, 0.1) is 6.61 Å². The predicted octanol–water partition coefficient (Wildman–Crippen LogP) is 2.68. The molecule has 0 bridgehead atoms. The van der Waals surface area contributed by atoms with Gasteiger partial charge in [-0.1, -0.05) is 31.4 Å². The molecule has 12 heavy (non-hydrogen) atoms. The zero-order valence-corrected chi connectivity index (χ0v) is 8.43. The van der Waals surface area contributed by atoms with Crippen molar-refractivity contribution in [2.75, 3.05) is 19.0 Å². The van der Waals surface area contributed by atoms with Crippen LogP contribution in [-0.2, 0) is 4.74 Å². The summed E-state index contributed by atoms with van der Waals surface area (Å²) in [6.07, 6.45) is 9.60. The Kier molecular flexibility index (Phi) is 5.53. The second-order valence-corrected chi connectivity index (χ2v) is 3.68. The Morgan fingerprint density at radius 3 is 2.75 bits per heavy atom. The Hall–Kier alpha value is 0.0500. The van der Waals surface area contributed by atoms with Gasteiger partial charge in [0.2, 0.25) is 0 Å². The summed E-state index contributed by atoms with van der Waals surface area (Å²) in [6, 6.07) is 0. The van der Waals surface area contributed by atoms with E-state index in [0.717, 1.165) is 24.9 Å². The van der Waals surface area contributed by atoms with Crippen LogP contribution in [0.5, 0.6) is 0 Å². The van der Waals surface area contributed by atoms with Crippen LogP contribution in [0.2, 0.25) is 0 Å². The third-order valence-corrected chi connectivity index (χ3v) is 2.59. The maximum absolute atomic E-state index is 5.42. The Morgan fingerprint density at radius 1 is 1.33 bits per heavy atom. The Labute approximate surface area is 80.6 Å². The third kappa shape index (κ3) is 4.17. The van der Waals surface area contributed by atoms with E-state index in [1.54, 1.807) is 0 Å². The summed E-state index contributed by atoms with van der Waals surface area (Å²) in [7, 11) is 0. The molecule has 0 aliphatic heterocycles. The molecule has 1 aliphatic rings. The van der Waals surface area contributed by atoms with Crippen LogP contribution in [0, 0.1) is 5.92 Å². The lowest BCUT2D eigenvalue weighted by Crippen LogP contribution is -2.13. The summed E-state index contributed by atoms with van der Waals surface area (Å²) < 4.78 is 5.42. The molecule has 0 amide bonds. The Balaban J connectivity index is 1.79. The summed E-state index contributed by atoms with van der Waals surface area (Å²) in [4.78, 5) is 0. The van der Waals surface area contributed by atoms with E-state index >= 15 is 0 Å². The fourth-order valence-electron chi connectivity index (χ4n) is 1.33. The first-order chi connectivity index (χ1) is 5.93. The molecule has 0 heterocycles. The number of hydrogen-bond donors (Lipinski definition) is 1. The molecule has 0 aromatic rings. The number of hydrogen-bond acceptors (Lipinski definition) is 2. The minimum Gasteiger partial charge on any atom is -0.377 e. The number of rotatable bonds is 6. The summed E-state index contributed by atoms with van der Waals surface area (Å²) in [6.45, 7) is 1.69. The van der Waals surface area contributed by atoms with Crippen molar-refractivity contribution >= 4 is 12.6 Å². The fraction of sp³-hybridized carbons (Fsp3) is 0.800. The standard InChI is InChI=1S/C10H18OS/c12-9-2-1-7-11-8-6-10-4-3-5-10/h1-2,10,12H,3-9H2/b2-1+. The highest BCUT2D eigenvalue weighted by Crippen LogP contribution is 2.28. The molecule has 0 radical (unpaired) electrons. The van der Waals surface area contributed by atoms with Crippen molar-refractivity contribution in [1.29, 1.82) is 0 Å². The van der Waals surface area contributed by atoms with Crippen LogP contribution < -0.4 is 0 Å². The first-order valence-electron chi connectivity index (χ1n) is 4.77. The minimum absolute atomic E-state index is 0.757. The van der Waals surface area contributed by atoms with Crippen LogP contribution in [0.25, 0.3) is 0 Å². The van der Waals surface area contributed by atoms with Gasteiger partial charge in [-0.05, 0) is 12.3 Å². The molecule has 70 valence electrons. The molecular formula is C10H18OS. The van der Waals surface area contributed by atoms with E-state index in [9.17, 15) is 0 Å². The topological polar surface area (TPSA) is 9.23 Å². The van der Waals surface area contributed by atoms with Crippen molar-refractivity contribution in [2.45, 2.75) is 25.7 Å².